The SMILES string of the molecule is CCC(C(=O)NCCSCc1cccc(Cl)c1)N(c1ccccc1)S(C)(=O)=O. The summed E-state index contributed by atoms with van der Waals surface area (Å²) in [5.41, 5.74) is 1.62. The fraction of sp³-hybridized carbons (Fsp3) is 0.350. The second-order valence-electron chi connectivity index (χ2n) is 6.29. The maximum atomic E-state index is 12.7. The maximum absolute atomic E-state index is 12.7. The van der Waals surface area contributed by atoms with E-state index in [2.05, 4.69) is 5.32 Å². The lowest BCUT2D eigenvalue weighted by molar-refractivity contribution is -0.122. The Morgan fingerprint density at radius 2 is 1.89 bits per heavy atom. The van der Waals surface area contributed by atoms with Crippen molar-refractivity contribution in [1.29, 1.82) is 0 Å². The van der Waals surface area contributed by atoms with Gasteiger partial charge in [-0.05, 0) is 36.2 Å². The molecule has 0 aliphatic rings. The lowest BCUT2D eigenvalue weighted by Gasteiger charge is -2.30. The second-order valence-corrected chi connectivity index (χ2v) is 9.69. The molecule has 2 aromatic rings. The third-order valence-electron chi connectivity index (χ3n) is 4.04. The number of para-hydroxylation sites is 1. The minimum atomic E-state index is -3.59. The van der Waals surface area contributed by atoms with Gasteiger partial charge >= 0.3 is 0 Å². The van der Waals surface area contributed by atoms with Crippen molar-refractivity contribution in [2.24, 2.45) is 0 Å². The van der Waals surface area contributed by atoms with E-state index in [9.17, 15) is 13.2 Å². The Kier molecular flexibility index (Phi) is 8.66. The van der Waals surface area contributed by atoms with E-state index >= 15 is 0 Å². The Hall–Kier alpha value is -1.70. The Labute approximate surface area is 176 Å². The molecule has 1 atom stereocenters. The van der Waals surface area contributed by atoms with Gasteiger partial charge in [0.2, 0.25) is 15.9 Å². The first-order valence-corrected chi connectivity index (χ1v) is 12.4. The molecule has 152 valence electrons. The molecule has 0 spiro atoms. The number of amides is 1. The summed E-state index contributed by atoms with van der Waals surface area (Å²) in [6.07, 6.45) is 1.50. The fourth-order valence-corrected chi connectivity index (χ4v) is 5.05. The van der Waals surface area contributed by atoms with Crippen molar-refractivity contribution in [1.82, 2.24) is 5.32 Å². The predicted octanol–water partition coefficient (Wildman–Crippen LogP) is 3.93. The molecule has 2 rings (SSSR count). The molecule has 0 saturated heterocycles. The smallest absolute Gasteiger partial charge is 0.243 e. The number of benzene rings is 2. The van der Waals surface area contributed by atoms with E-state index in [4.69, 9.17) is 11.6 Å². The highest BCUT2D eigenvalue weighted by Crippen LogP contribution is 2.22. The van der Waals surface area contributed by atoms with Crippen LogP contribution in [-0.2, 0) is 20.6 Å². The van der Waals surface area contributed by atoms with E-state index in [1.54, 1.807) is 43.0 Å². The molecule has 2 aromatic carbocycles. The first-order chi connectivity index (χ1) is 13.3. The van der Waals surface area contributed by atoms with E-state index in [0.29, 0.717) is 23.7 Å². The first-order valence-electron chi connectivity index (χ1n) is 8.97. The third-order valence-corrected chi connectivity index (χ3v) is 6.49. The van der Waals surface area contributed by atoms with E-state index < -0.39 is 16.1 Å². The van der Waals surface area contributed by atoms with Gasteiger partial charge in [-0.3, -0.25) is 9.10 Å². The summed E-state index contributed by atoms with van der Waals surface area (Å²) in [5.74, 6) is 1.23. The van der Waals surface area contributed by atoms with Crippen molar-refractivity contribution in [2.75, 3.05) is 22.9 Å². The summed E-state index contributed by atoms with van der Waals surface area (Å²) in [5, 5.41) is 3.57. The van der Waals surface area contributed by atoms with Gasteiger partial charge in [-0.15, -0.1) is 0 Å². The molecule has 0 aliphatic heterocycles. The summed E-state index contributed by atoms with van der Waals surface area (Å²) in [6.45, 7) is 2.27. The van der Waals surface area contributed by atoms with E-state index in [1.807, 2.05) is 30.3 Å². The van der Waals surface area contributed by atoms with Crippen LogP contribution in [-0.4, -0.2) is 38.9 Å². The standard InChI is InChI=1S/C20H25ClN2O3S2/c1-3-19(23(28(2,25)26)18-10-5-4-6-11-18)20(24)22-12-13-27-15-16-8-7-9-17(21)14-16/h4-11,14,19H,3,12-13,15H2,1-2H3,(H,22,24). The molecule has 0 aromatic heterocycles. The normalized spacial score (nSPS) is 12.4. The Morgan fingerprint density at radius 1 is 1.18 bits per heavy atom. The lowest BCUT2D eigenvalue weighted by Crippen LogP contribution is -2.49. The Bertz CT molecular complexity index is 876. The number of thioether (sulfide) groups is 1. The van der Waals surface area contributed by atoms with Crippen LogP contribution in [0, 0.1) is 0 Å². The number of nitrogens with zero attached hydrogens (tertiary/aromatic N) is 1. The molecular weight excluding hydrogens is 416 g/mol. The van der Waals surface area contributed by atoms with Crippen molar-refractivity contribution in [3.63, 3.8) is 0 Å². The minimum Gasteiger partial charge on any atom is -0.353 e. The highest BCUT2D eigenvalue weighted by atomic mass is 35.5. The number of anilines is 1. The highest BCUT2D eigenvalue weighted by Gasteiger charge is 2.31. The number of carbonyl (C=O) groups is 1. The molecule has 28 heavy (non-hydrogen) atoms. The van der Waals surface area contributed by atoms with Crippen molar-refractivity contribution in [3.8, 4) is 0 Å². The van der Waals surface area contributed by atoms with Crippen LogP contribution in [0.15, 0.2) is 54.6 Å². The Balaban J connectivity index is 1.92. The van der Waals surface area contributed by atoms with Gasteiger partial charge in [-0.1, -0.05) is 48.9 Å². The third kappa shape index (κ3) is 6.72. The van der Waals surface area contributed by atoms with Gasteiger partial charge in [-0.25, -0.2) is 8.42 Å². The van der Waals surface area contributed by atoms with E-state index in [1.165, 1.54) is 4.31 Å². The van der Waals surface area contributed by atoms with Crippen LogP contribution in [0.4, 0.5) is 5.69 Å². The fourth-order valence-electron chi connectivity index (χ4n) is 2.82. The summed E-state index contributed by atoms with van der Waals surface area (Å²) < 4.78 is 25.9. The number of nitrogens with one attached hydrogen (secondary N) is 1. The monoisotopic (exact) mass is 440 g/mol. The van der Waals surface area contributed by atoms with Crippen molar-refractivity contribution in [3.05, 3.63) is 65.2 Å². The summed E-state index contributed by atoms with van der Waals surface area (Å²) in [7, 11) is -3.59. The van der Waals surface area contributed by atoms with Gasteiger partial charge in [-0.2, -0.15) is 11.8 Å². The minimum absolute atomic E-state index is 0.292. The van der Waals surface area contributed by atoms with E-state index in [-0.39, 0.29) is 5.91 Å². The van der Waals surface area contributed by atoms with Crippen LogP contribution in [0.3, 0.4) is 0 Å². The maximum Gasteiger partial charge on any atom is 0.243 e. The van der Waals surface area contributed by atoms with Crippen LogP contribution < -0.4 is 9.62 Å². The number of carbonyl (C=O) groups excluding carboxylic acids is 1. The predicted molar refractivity (Wildman–Crippen MR) is 118 cm³/mol. The molecule has 1 amide bonds. The number of sulfonamides is 1. The van der Waals surface area contributed by atoms with Gasteiger partial charge in [0.1, 0.15) is 6.04 Å². The van der Waals surface area contributed by atoms with Gasteiger partial charge in [0.15, 0.2) is 0 Å². The van der Waals surface area contributed by atoms with Gasteiger partial charge in [0.25, 0.3) is 0 Å². The molecule has 0 fully saturated rings. The van der Waals surface area contributed by atoms with Crippen LogP contribution >= 0.6 is 23.4 Å². The van der Waals surface area contributed by atoms with Gasteiger partial charge < -0.3 is 5.32 Å². The largest absolute Gasteiger partial charge is 0.353 e. The zero-order chi connectivity index (χ0) is 20.6. The van der Waals surface area contributed by atoms with Crippen LogP contribution in [0.5, 0.6) is 0 Å². The van der Waals surface area contributed by atoms with Crippen LogP contribution in [0.1, 0.15) is 18.9 Å². The van der Waals surface area contributed by atoms with Crippen LogP contribution in [0.2, 0.25) is 5.02 Å². The van der Waals surface area contributed by atoms with Crippen molar-refractivity contribution in [2.45, 2.75) is 25.1 Å². The molecule has 0 bridgehead atoms. The number of halogens is 1. The molecular formula is C20H25ClN2O3S2. The van der Waals surface area contributed by atoms with Crippen molar-refractivity contribution < 1.29 is 13.2 Å². The molecule has 8 heteroatoms. The average molecular weight is 441 g/mol. The molecule has 0 aliphatic carbocycles. The Morgan fingerprint density at radius 3 is 2.50 bits per heavy atom. The topological polar surface area (TPSA) is 66.5 Å². The second kappa shape index (κ2) is 10.7. The summed E-state index contributed by atoms with van der Waals surface area (Å²) in [4.78, 5) is 12.7. The molecule has 0 radical (unpaired) electrons. The number of hydrogen-bond donors (Lipinski definition) is 1. The molecule has 1 N–H and O–H groups in total. The summed E-state index contributed by atoms with van der Waals surface area (Å²) >= 11 is 7.66. The zero-order valence-electron chi connectivity index (χ0n) is 16.0. The van der Waals surface area contributed by atoms with Gasteiger partial charge in [0, 0.05) is 23.1 Å². The molecule has 1 unspecified atom stereocenters. The lowest BCUT2D eigenvalue weighted by atomic mass is 10.2. The molecule has 5 nitrogen and oxygen atoms in total. The first kappa shape index (κ1) is 22.6. The molecule has 0 heterocycles. The molecule has 0 saturated carbocycles. The number of rotatable bonds is 10. The zero-order valence-corrected chi connectivity index (χ0v) is 18.4. The summed E-state index contributed by atoms with van der Waals surface area (Å²) in [6, 6.07) is 15.6. The van der Waals surface area contributed by atoms with Gasteiger partial charge in [0.05, 0.1) is 11.9 Å². The van der Waals surface area contributed by atoms with Crippen molar-refractivity contribution >= 4 is 45.0 Å². The van der Waals surface area contributed by atoms with Crippen LogP contribution in [0.25, 0.3) is 0 Å². The average Bonchev–Trinajstić information content (AvgIpc) is 2.65. The highest BCUT2D eigenvalue weighted by molar-refractivity contribution is 7.98. The number of hydrogen-bond acceptors (Lipinski definition) is 4. The quantitative estimate of drug-likeness (QED) is 0.568. The van der Waals surface area contributed by atoms with E-state index in [0.717, 1.165) is 23.3 Å².